The van der Waals surface area contributed by atoms with E-state index in [1.54, 1.807) is 48.3 Å². The van der Waals surface area contributed by atoms with Crippen molar-refractivity contribution in [2.75, 3.05) is 17.2 Å². The van der Waals surface area contributed by atoms with Crippen LogP contribution in [0, 0.1) is 0 Å². The Morgan fingerprint density at radius 1 is 1.29 bits per heavy atom. The molecule has 8 nitrogen and oxygen atoms in total. The van der Waals surface area contributed by atoms with Gasteiger partial charge in [-0.3, -0.25) is 10.00 Å². The number of anilines is 2. The minimum Gasteiger partial charge on any atom is -0.480 e. The summed E-state index contributed by atoms with van der Waals surface area (Å²) in [6.45, 7) is -0.486. The van der Waals surface area contributed by atoms with Crippen molar-refractivity contribution in [1.29, 1.82) is 0 Å². The van der Waals surface area contributed by atoms with Crippen LogP contribution in [0.4, 0.5) is 16.3 Å². The van der Waals surface area contributed by atoms with Crippen LogP contribution in [0.2, 0.25) is 0 Å². The van der Waals surface area contributed by atoms with E-state index in [9.17, 15) is 9.59 Å². The molecule has 0 unspecified atom stereocenters. The molecule has 0 fully saturated rings. The molecule has 1 heterocycles. The minimum atomic E-state index is -1.09. The highest BCUT2D eigenvalue weighted by Gasteiger charge is 2.09. The average molecular weight is 290 g/mol. The predicted molar refractivity (Wildman–Crippen MR) is 75.4 cm³/mol. The van der Waals surface area contributed by atoms with Gasteiger partial charge in [0.2, 0.25) is 0 Å². The molecule has 2 aromatic rings. The number of carboxylic acid groups (broad SMARTS) is 1. The quantitative estimate of drug-likeness (QED) is 0.774. The molecule has 0 saturated carbocycles. The number of nitrogens with zero attached hydrogens (tertiary/aromatic N) is 2. The number of hydrogen-bond donors (Lipinski definition) is 3. The number of hydrogen-bond acceptors (Lipinski definition) is 4. The van der Waals surface area contributed by atoms with E-state index in [0.29, 0.717) is 11.5 Å². The molecule has 2 rings (SSSR count). The Labute approximate surface area is 120 Å². The third-order valence-electron chi connectivity index (χ3n) is 2.44. The van der Waals surface area contributed by atoms with Gasteiger partial charge < -0.3 is 15.2 Å². The van der Waals surface area contributed by atoms with Gasteiger partial charge in [-0.25, -0.2) is 9.59 Å². The summed E-state index contributed by atoms with van der Waals surface area (Å²) in [5.74, 6) is -0.419. The maximum atomic E-state index is 11.8. The second-order valence-corrected chi connectivity index (χ2v) is 4.13. The normalized spacial score (nSPS) is 9.95. The minimum absolute atomic E-state index is 0.274. The van der Waals surface area contributed by atoms with Crippen LogP contribution < -0.4 is 15.4 Å². The summed E-state index contributed by atoms with van der Waals surface area (Å²) in [7, 11) is 1.73. The number of para-hydroxylation sites is 2. The zero-order valence-corrected chi connectivity index (χ0v) is 11.2. The first kappa shape index (κ1) is 14.4. The molecular formula is C13H14N4O4. The van der Waals surface area contributed by atoms with E-state index in [1.165, 1.54) is 0 Å². The molecule has 0 spiro atoms. The van der Waals surface area contributed by atoms with Crippen LogP contribution in [0.1, 0.15) is 0 Å². The van der Waals surface area contributed by atoms with Crippen molar-refractivity contribution in [1.82, 2.24) is 9.78 Å². The smallest absolute Gasteiger partial charge is 0.341 e. The van der Waals surface area contributed by atoms with Gasteiger partial charge in [0.25, 0.3) is 0 Å². The highest BCUT2D eigenvalue weighted by Crippen LogP contribution is 2.23. The lowest BCUT2D eigenvalue weighted by molar-refractivity contribution is -0.139. The van der Waals surface area contributed by atoms with E-state index < -0.39 is 18.6 Å². The van der Waals surface area contributed by atoms with Gasteiger partial charge in [0.15, 0.2) is 12.4 Å². The number of carbonyl (C=O) groups excluding carboxylic acids is 1. The Balaban J connectivity index is 2.01. The molecule has 0 aliphatic rings. The summed E-state index contributed by atoms with van der Waals surface area (Å²) in [4.78, 5) is 22.4. The Hall–Kier alpha value is -3.03. The Bertz CT molecular complexity index is 653. The van der Waals surface area contributed by atoms with E-state index in [2.05, 4.69) is 15.7 Å². The van der Waals surface area contributed by atoms with Crippen LogP contribution in [0.15, 0.2) is 36.5 Å². The van der Waals surface area contributed by atoms with Crippen molar-refractivity contribution < 1.29 is 19.4 Å². The van der Waals surface area contributed by atoms with Gasteiger partial charge >= 0.3 is 12.0 Å². The summed E-state index contributed by atoms with van der Waals surface area (Å²) in [5.41, 5.74) is 0.368. The van der Waals surface area contributed by atoms with Gasteiger partial charge in [0.1, 0.15) is 5.75 Å². The van der Waals surface area contributed by atoms with Gasteiger partial charge in [-0.15, -0.1) is 0 Å². The molecular weight excluding hydrogens is 276 g/mol. The maximum Gasteiger partial charge on any atom is 0.341 e. The maximum absolute atomic E-state index is 11.8. The first-order valence-electron chi connectivity index (χ1n) is 6.06. The number of aromatic nitrogens is 2. The molecule has 8 heteroatoms. The van der Waals surface area contributed by atoms with Gasteiger partial charge in [0, 0.05) is 19.3 Å². The first-order chi connectivity index (χ1) is 10.0. The number of aliphatic carboxylic acids is 1. The van der Waals surface area contributed by atoms with Crippen LogP contribution in [0.5, 0.6) is 5.75 Å². The second kappa shape index (κ2) is 6.42. The molecule has 3 N–H and O–H groups in total. The van der Waals surface area contributed by atoms with Crippen LogP contribution in [0.25, 0.3) is 0 Å². The molecule has 21 heavy (non-hydrogen) atoms. The van der Waals surface area contributed by atoms with Crippen molar-refractivity contribution in [3.63, 3.8) is 0 Å². The third-order valence-corrected chi connectivity index (χ3v) is 2.44. The van der Waals surface area contributed by atoms with E-state index in [0.717, 1.165) is 0 Å². The van der Waals surface area contributed by atoms with Gasteiger partial charge in [-0.1, -0.05) is 12.1 Å². The number of rotatable bonds is 5. The fourth-order valence-corrected chi connectivity index (χ4v) is 1.59. The standard InChI is InChI=1S/C13H14N4O4/c1-17-7-6-11(16-17)15-13(20)14-9-4-2-3-5-10(9)21-8-12(18)19/h2-7H,8H2,1H3,(H,18,19)(H2,14,15,16,20). The molecule has 2 amide bonds. The van der Waals surface area contributed by atoms with Gasteiger partial charge in [-0.2, -0.15) is 5.10 Å². The second-order valence-electron chi connectivity index (χ2n) is 4.13. The lowest BCUT2D eigenvalue weighted by Crippen LogP contribution is -2.20. The number of carboxylic acids is 1. The number of nitrogens with one attached hydrogen (secondary N) is 2. The Morgan fingerprint density at radius 2 is 2.05 bits per heavy atom. The number of ether oxygens (including phenoxy) is 1. The molecule has 0 aliphatic carbocycles. The van der Waals surface area contributed by atoms with Crippen molar-refractivity contribution >= 4 is 23.5 Å². The van der Waals surface area contributed by atoms with E-state index >= 15 is 0 Å². The van der Waals surface area contributed by atoms with Crippen molar-refractivity contribution in [2.45, 2.75) is 0 Å². The number of amides is 2. The van der Waals surface area contributed by atoms with Crippen molar-refractivity contribution in [3.05, 3.63) is 36.5 Å². The Kier molecular flexibility index (Phi) is 4.39. The molecule has 0 radical (unpaired) electrons. The SMILES string of the molecule is Cn1ccc(NC(=O)Nc2ccccc2OCC(=O)O)n1. The van der Waals surface area contributed by atoms with E-state index in [-0.39, 0.29) is 5.75 Å². The summed E-state index contributed by atoms with van der Waals surface area (Å²) < 4.78 is 6.65. The van der Waals surface area contributed by atoms with Crippen molar-refractivity contribution in [2.24, 2.45) is 7.05 Å². The lowest BCUT2D eigenvalue weighted by Gasteiger charge is -2.11. The zero-order chi connectivity index (χ0) is 15.2. The molecule has 0 aliphatic heterocycles. The highest BCUT2D eigenvalue weighted by molar-refractivity contribution is 6.00. The first-order valence-corrected chi connectivity index (χ1v) is 6.06. The molecule has 0 saturated heterocycles. The van der Waals surface area contributed by atoms with E-state index in [4.69, 9.17) is 9.84 Å². The number of aryl methyl sites for hydroxylation is 1. The molecule has 1 aromatic carbocycles. The largest absolute Gasteiger partial charge is 0.480 e. The molecule has 0 bridgehead atoms. The monoisotopic (exact) mass is 290 g/mol. The summed E-state index contributed by atoms with van der Waals surface area (Å²) >= 11 is 0. The number of carbonyl (C=O) groups is 2. The summed E-state index contributed by atoms with van der Waals surface area (Å²) in [5, 5.41) is 17.7. The number of benzene rings is 1. The van der Waals surface area contributed by atoms with Gasteiger partial charge in [-0.05, 0) is 12.1 Å². The molecule has 1 aromatic heterocycles. The highest BCUT2D eigenvalue weighted by atomic mass is 16.5. The fraction of sp³-hybridized carbons (Fsp3) is 0.154. The fourth-order valence-electron chi connectivity index (χ4n) is 1.59. The predicted octanol–water partition coefficient (Wildman–Crippen LogP) is 1.53. The zero-order valence-electron chi connectivity index (χ0n) is 11.2. The summed E-state index contributed by atoms with van der Waals surface area (Å²) in [6.07, 6.45) is 1.69. The van der Waals surface area contributed by atoms with Crippen molar-refractivity contribution in [3.8, 4) is 5.75 Å². The van der Waals surface area contributed by atoms with E-state index in [1.807, 2.05) is 0 Å². The number of urea groups is 1. The lowest BCUT2D eigenvalue weighted by atomic mass is 10.3. The topological polar surface area (TPSA) is 105 Å². The van der Waals surface area contributed by atoms with Crippen LogP contribution >= 0.6 is 0 Å². The van der Waals surface area contributed by atoms with Gasteiger partial charge in [0.05, 0.1) is 5.69 Å². The van der Waals surface area contributed by atoms with Crippen LogP contribution in [-0.4, -0.2) is 33.5 Å². The Morgan fingerprint density at radius 3 is 2.71 bits per heavy atom. The summed E-state index contributed by atoms with van der Waals surface area (Å²) in [6, 6.07) is 7.70. The van der Waals surface area contributed by atoms with Crippen LogP contribution in [-0.2, 0) is 11.8 Å². The molecule has 0 atom stereocenters. The average Bonchev–Trinajstić information content (AvgIpc) is 2.83. The third kappa shape index (κ3) is 4.23. The van der Waals surface area contributed by atoms with Crippen LogP contribution in [0.3, 0.4) is 0 Å². The molecule has 110 valence electrons.